The lowest BCUT2D eigenvalue weighted by Crippen LogP contribution is -2.25. The van der Waals surface area contributed by atoms with Crippen LogP contribution in [-0.2, 0) is 4.79 Å². The molecule has 0 radical (unpaired) electrons. The summed E-state index contributed by atoms with van der Waals surface area (Å²) < 4.78 is 16.0. The minimum Gasteiger partial charge on any atom is -0.497 e. The summed E-state index contributed by atoms with van der Waals surface area (Å²) in [5, 5.41) is 4.10. The highest BCUT2D eigenvalue weighted by Gasteiger charge is 2.04. The molecule has 0 aliphatic heterocycles. The molecule has 0 heterocycles. The summed E-state index contributed by atoms with van der Waals surface area (Å²) in [6.45, 7) is 4.46. The number of hydrogen-bond donors (Lipinski definition) is 1. The minimum absolute atomic E-state index is 0.118. The third-order valence-electron chi connectivity index (χ3n) is 3.52. The highest BCUT2D eigenvalue weighted by molar-refractivity contribution is 5.99. The van der Waals surface area contributed by atoms with Crippen molar-refractivity contribution in [3.05, 3.63) is 54.1 Å². The highest BCUT2D eigenvalue weighted by Crippen LogP contribution is 2.16. The largest absolute Gasteiger partial charge is 0.497 e. The summed E-state index contributed by atoms with van der Waals surface area (Å²) in [5.41, 5.74) is 4.10. The van der Waals surface area contributed by atoms with Gasteiger partial charge in [-0.3, -0.25) is 4.79 Å². The number of hydrogen-bond acceptors (Lipinski definition) is 5. The van der Waals surface area contributed by atoms with Crippen LogP contribution in [0, 0.1) is 0 Å². The maximum Gasteiger partial charge on any atom is 0.277 e. The number of ether oxygens (including phenoxy) is 3. The number of benzene rings is 2. The van der Waals surface area contributed by atoms with E-state index in [9.17, 15) is 4.79 Å². The van der Waals surface area contributed by atoms with E-state index >= 15 is 0 Å². The van der Waals surface area contributed by atoms with Gasteiger partial charge >= 0.3 is 0 Å². The van der Waals surface area contributed by atoms with Gasteiger partial charge < -0.3 is 14.2 Å². The third kappa shape index (κ3) is 6.12. The molecule has 0 saturated heterocycles. The van der Waals surface area contributed by atoms with Gasteiger partial charge in [-0.25, -0.2) is 5.43 Å². The van der Waals surface area contributed by atoms with Crippen LogP contribution < -0.4 is 19.6 Å². The topological polar surface area (TPSA) is 69.2 Å². The number of carbonyl (C=O) groups is 1. The van der Waals surface area contributed by atoms with Crippen molar-refractivity contribution in [2.45, 2.75) is 20.3 Å². The number of methoxy groups -OCH3 is 1. The van der Waals surface area contributed by atoms with E-state index in [2.05, 4.69) is 17.5 Å². The number of rotatable bonds is 9. The van der Waals surface area contributed by atoms with Gasteiger partial charge in [-0.2, -0.15) is 5.10 Å². The molecule has 6 heteroatoms. The van der Waals surface area contributed by atoms with Gasteiger partial charge in [0.2, 0.25) is 0 Å². The second-order valence-corrected chi connectivity index (χ2v) is 5.57. The van der Waals surface area contributed by atoms with Crippen LogP contribution in [0.4, 0.5) is 0 Å². The molecule has 0 bridgehead atoms. The van der Waals surface area contributed by atoms with E-state index < -0.39 is 0 Å². The molecule has 0 aliphatic rings. The third-order valence-corrected chi connectivity index (χ3v) is 3.52. The zero-order valence-corrected chi connectivity index (χ0v) is 15.3. The average molecular weight is 356 g/mol. The van der Waals surface area contributed by atoms with Gasteiger partial charge in [0.25, 0.3) is 5.91 Å². The number of hydrazone groups is 1. The first kappa shape index (κ1) is 19.3. The first-order chi connectivity index (χ1) is 12.6. The molecule has 2 rings (SSSR count). The van der Waals surface area contributed by atoms with Crippen LogP contribution in [0.5, 0.6) is 17.2 Å². The van der Waals surface area contributed by atoms with Crippen molar-refractivity contribution in [2.24, 2.45) is 5.10 Å². The van der Waals surface area contributed by atoms with Gasteiger partial charge in [0.15, 0.2) is 6.61 Å². The Morgan fingerprint density at radius 3 is 2.15 bits per heavy atom. The zero-order valence-electron chi connectivity index (χ0n) is 15.3. The molecule has 0 fully saturated rings. The highest BCUT2D eigenvalue weighted by atomic mass is 16.5. The quantitative estimate of drug-likeness (QED) is 0.552. The molecule has 1 amide bonds. The Morgan fingerprint density at radius 1 is 0.962 bits per heavy atom. The standard InChI is InChI=1S/C20H24N2O4/c1-4-13-25-18-7-5-16(6-8-18)15(2)21-22-20(23)14-26-19-11-9-17(24-3)10-12-19/h5-12H,4,13-14H2,1-3H3,(H,22,23)/b21-15-. The number of nitrogens with zero attached hydrogens (tertiary/aromatic N) is 1. The molecular formula is C20H24N2O4. The second kappa shape index (κ2) is 10.1. The van der Waals surface area contributed by atoms with Crippen molar-refractivity contribution in [1.82, 2.24) is 5.43 Å². The molecule has 0 saturated carbocycles. The maximum absolute atomic E-state index is 11.9. The van der Waals surface area contributed by atoms with Gasteiger partial charge in [-0.05, 0) is 67.4 Å². The summed E-state index contributed by atoms with van der Waals surface area (Å²) in [6.07, 6.45) is 0.965. The Balaban J connectivity index is 1.82. The first-order valence-electron chi connectivity index (χ1n) is 8.45. The van der Waals surface area contributed by atoms with E-state index in [0.717, 1.165) is 23.5 Å². The van der Waals surface area contributed by atoms with Crippen LogP contribution in [0.1, 0.15) is 25.8 Å². The van der Waals surface area contributed by atoms with Crippen molar-refractivity contribution in [3.8, 4) is 17.2 Å². The summed E-state index contributed by atoms with van der Waals surface area (Å²) in [5.74, 6) is 1.81. The summed E-state index contributed by atoms with van der Waals surface area (Å²) >= 11 is 0. The molecule has 138 valence electrons. The van der Waals surface area contributed by atoms with E-state index in [-0.39, 0.29) is 12.5 Å². The number of carbonyl (C=O) groups excluding carboxylic acids is 1. The summed E-state index contributed by atoms with van der Waals surface area (Å²) in [4.78, 5) is 11.9. The van der Waals surface area contributed by atoms with Crippen LogP contribution in [0.25, 0.3) is 0 Å². The molecule has 2 aromatic carbocycles. The lowest BCUT2D eigenvalue weighted by molar-refractivity contribution is -0.123. The molecule has 26 heavy (non-hydrogen) atoms. The second-order valence-electron chi connectivity index (χ2n) is 5.57. The van der Waals surface area contributed by atoms with Crippen molar-refractivity contribution in [1.29, 1.82) is 0 Å². The fourth-order valence-corrected chi connectivity index (χ4v) is 2.08. The van der Waals surface area contributed by atoms with Crippen LogP contribution >= 0.6 is 0 Å². The van der Waals surface area contributed by atoms with Crippen molar-refractivity contribution < 1.29 is 19.0 Å². The van der Waals surface area contributed by atoms with Gasteiger partial charge in [-0.1, -0.05) is 6.92 Å². The smallest absolute Gasteiger partial charge is 0.277 e. The Bertz CT molecular complexity index is 724. The Labute approximate surface area is 153 Å². The Morgan fingerprint density at radius 2 is 1.54 bits per heavy atom. The molecule has 6 nitrogen and oxygen atoms in total. The fourth-order valence-electron chi connectivity index (χ4n) is 2.08. The molecule has 0 unspecified atom stereocenters. The van der Waals surface area contributed by atoms with E-state index in [1.54, 1.807) is 31.4 Å². The molecule has 0 aliphatic carbocycles. The van der Waals surface area contributed by atoms with Gasteiger partial charge in [0.05, 0.1) is 19.4 Å². The van der Waals surface area contributed by atoms with Crippen molar-refractivity contribution >= 4 is 11.6 Å². The lowest BCUT2D eigenvalue weighted by Gasteiger charge is -2.07. The minimum atomic E-state index is -0.330. The molecule has 0 atom stereocenters. The maximum atomic E-state index is 11.9. The predicted octanol–water partition coefficient (Wildman–Crippen LogP) is 3.40. The average Bonchev–Trinajstić information content (AvgIpc) is 2.69. The van der Waals surface area contributed by atoms with Crippen LogP contribution in [0.3, 0.4) is 0 Å². The molecule has 0 aromatic heterocycles. The van der Waals surface area contributed by atoms with Gasteiger partial charge in [0, 0.05) is 0 Å². The number of nitrogens with one attached hydrogen (secondary N) is 1. The van der Waals surface area contributed by atoms with E-state index in [1.807, 2.05) is 31.2 Å². The van der Waals surface area contributed by atoms with Crippen LogP contribution in [0.2, 0.25) is 0 Å². The summed E-state index contributed by atoms with van der Waals surface area (Å²) in [7, 11) is 1.59. The molecule has 0 spiro atoms. The van der Waals surface area contributed by atoms with Gasteiger partial charge in [0.1, 0.15) is 17.2 Å². The van der Waals surface area contributed by atoms with Crippen molar-refractivity contribution in [2.75, 3.05) is 20.3 Å². The SMILES string of the molecule is CCCOc1ccc(/C(C)=N\NC(=O)COc2ccc(OC)cc2)cc1. The zero-order chi connectivity index (χ0) is 18.8. The van der Waals surface area contributed by atoms with Gasteiger partial charge in [-0.15, -0.1) is 0 Å². The number of amides is 1. The first-order valence-corrected chi connectivity index (χ1v) is 8.45. The molecular weight excluding hydrogens is 332 g/mol. The fraction of sp³-hybridized carbons (Fsp3) is 0.300. The molecule has 2 aromatic rings. The molecule has 1 N–H and O–H groups in total. The predicted molar refractivity (Wildman–Crippen MR) is 101 cm³/mol. The van der Waals surface area contributed by atoms with E-state index in [0.29, 0.717) is 18.1 Å². The Kier molecular flexibility index (Phi) is 7.49. The van der Waals surface area contributed by atoms with Crippen LogP contribution in [-0.4, -0.2) is 31.9 Å². The van der Waals surface area contributed by atoms with Crippen LogP contribution in [0.15, 0.2) is 53.6 Å². The van der Waals surface area contributed by atoms with E-state index in [4.69, 9.17) is 14.2 Å². The normalized spacial score (nSPS) is 11.0. The Hall–Kier alpha value is -3.02. The van der Waals surface area contributed by atoms with Crippen molar-refractivity contribution in [3.63, 3.8) is 0 Å². The van der Waals surface area contributed by atoms with E-state index in [1.165, 1.54) is 0 Å². The monoisotopic (exact) mass is 356 g/mol. The lowest BCUT2D eigenvalue weighted by atomic mass is 10.1. The summed E-state index contributed by atoms with van der Waals surface area (Å²) in [6, 6.07) is 14.6.